The lowest BCUT2D eigenvalue weighted by molar-refractivity contribution is -0.137. The molecule has 0 atom stereocenters. The Balaban J connectivity index is 2.42. The van der Waals surface area contributed by atoms with Crippen LogP contribution in [0.15, 0.2) is 30.3 Å². The molecule has 2 rings (SSSR count). The number of alkyl halides is 3. The minimum atomic E-state index is -4.37. The van der Waals surface area contributed by atoms with E-state index >= 15 is 0 Å². The highest BCUT2D eigenvalue weighted by atomic mass is 35.5. The lowest BCUT2D eigenvalue weighted by Crippen LogP contribution is -2.06. The minimum absolute atomic E-state index is 0.308. The topological polar surface area (TPSA) is 17.8 Å². The zero-order valence-electron chi connectivity index (χ0n) is 10.2. The van der Waals surface area contributed by atoms with Crippen LogP contribution >= 0.6 is 11.6 Å². The summed E-state index contributed by atoms with van der Waals surface area (Å²) in [6, 6.07) is 6.62. The standard InChI is InChI=1S/C13H12ClF3N2/c1-2-4-10-8-12(14)19(18-10)11-6-3-5-9(7-11)13(15,16)17/h3,5-8H,2,4H2,1H3. The number of benzene rings is 1. The van der Waals surface area contributed by atoms with Crippen molar-refractivity contribution < 1.29 is 13.2 Å². The van der Waals surface area contributed by atoms with Crippen molar-refractivity contribution in [3.8, 4) is 5.69 Å². The summed E-state index contributed by atoms with van der Waals surface area (Å²) in [4.78, 5) is 0. The van der Waals surface area contributed by atoms with E-state index in [9.17, 15) is 13.2 Å². The third-order valence-corrected chi connectivity index (χ3v) is 2.91. The van der Waals surface area contributed by atoms with E-state index in [1.807, 2.05) is 6.92 Å². The van der Waals surface area contributed by atoms with Gasteiger partial charge in [-0.15, -0.1) is 0 Å². The van der Waals surface area contributed by atoms with E-state index in [4.69, 9.17) is 11.6 Å². The Bertz CT molecular complexity index is 576. The fourth-order valence-electron chi connectivity index (χ4n) is 1.78. The van der Waals surface area contributed by atoms with Crippen molar-refractivity contribution in [3.63, 3.8) is 0 Å². The second-order valence-electron chi connectivity index (χ2n) is 4.17. The smallest absolute Gasteiger partial charge is 0.222 e. The highest BCUT2D eigenvalue weighted by Crippen LogP contribution is 2.30. The summed E-state index contributed by atoms with van der Waals surface area (Å²) >= 11 is 6.00. The molecule has 0 aliphatic heterocycles. The van der Waals surface area contributed by atoms with Crippen molar-refractivity contribution in [2.75, 3.05) is 0 Å². The zero-order valence-corrected chi connectivity index (χ0v) is 11.0. The molecule has 0 saturated carbocycles. The minimum Gasteiger partial charge on any atom is -0.222 e. The molecule has 0 unspecified atom stereocenters. The van der Waals surface area contributed by atoms with Gasteiger partial charge in [-0.3, -0.25) is 0 Å². The number of hydrogen-bond donors (Lipinski definition) is 0. The van der Waals surface area contributed by atoms with Crippen LogP contribution in [0.25, 0.3) is 5.69 Å². The van der Waals surface area contributed by atoms with Gasteiger partial charge in [-0.25, -0.2) is 4.68 Å². The van der Waals surface area contributed by atoms with Gasteiger partial charge in [-0.1, -0.05) is 31.0 Å². The molecule has 19 heavy (non-hydrogen) atoms. The van der Waals surface area contributed by atoms with E-state index in [0.717, 1.165) is 30.7 Å². The number of aromatic nitrogens is 2. The maximum atomic E-state index is 12.6. The van der Waals surface area contributed by atoms with Gasteiger partial charge in [0.1, 0.15) is 5.15 Å². The summed E-state index contributed by atoms with van der Waals surface area (Å²) in [5.74, 6) is 0. The molecular weight excluding hydrogens is 277 g/mol. The van der Waals surface area contributed by atoms with Crippen LogP contribution in [0.5, 0.6) is 0 Å². The molecule has 0 N–H and O–H groups in total. The SMILES string of the molecule is CCCc1cc(Cl)n(-c2cccc(C(F)(F)F)c2)n1. The Morgan fingerprint density at radius 1 is 1.26 bits per heavy atom. The van der Waals surface area contributed by atoms with Gasteiger partial charge in [-0.05, 0) is 30.7 Å². The molecule has 2 aromatic rings. The van der Waals surface area contributed by atoms with Crippen molar-refractivity contribution in [3.05, 3.63) is 46.7 Å². The fraction of sp³-hybridized carbons (Fsp3) is 0.308. The Labute approximate surface area is 113 Å². The molecule has 0 spiro atoms. The van der Waals surface area contributed by atoms with Gasteiger partial charge in [0.25, 0.3) is 0 Å². The van der Waals surface area contributed by atoms with Crippen molar-refractivity contribution in [2.45, 2.75) is 25.9 Å². The van der Waals surface area contributed by atoms with E-state index in [-0.39, 0.29) is 0 Å². The normalized spacial score (nSPS) is 11.8. The number of aryl methyl sites for hydroxylation is 1. The highest BCUT2D eigenvalue weighted by molar-refractivity contribution is 6.29. The van der Waals surface area contributed by atoms with E-state index in [1.54, 1.807) is 12.1 Å². The van der Waals surface area contributed by atoms with Gasteiger partial charge in [0, 0.05) is 0 Å². The van der Waals surface area contributed by atoms with Gasteiger partial charge in [-0.2, -0.15) is 18.3 Å². The molecule has 6 heteroatoms. The maximum absolute atomic E-state index is 12.6. The fourth-order valence-corrected chi connectivity index (χ4v) is 2.04. The second kappa shape index (κ2) is 5.25. The Morgan fingerprint density at radius 3 is 2.63 bits per heavy atom. The van der Waals surface area contributed by atoms with Crippen molar-refractivity contribution in [1.29, 1.82) is 0 Å². The molecule has 0 amide bonds. The lowest BCUT2D eigenvalue weighted by atomic mass is 10.2. The first-order valence-corrected chi connectivity index (χ1v) is 6.21. The number of hydrogen-bond acceptors (Lipinski definition) is 1. The first kappa shape index (κ1) is 13.9. The number of nitrogens with zero attached hydrogens (tertiary/aromatic N) is 2. The quantitative estimate of drug-likeness (QED) is 0.813. The summed E-state index contributed by atoms with van der Waals surface area (Å²) < 4.78 is 39.3. The summed E-state index contributed by atoms with van der Waals surface area (Å²) in [5, 5.41) is 4.52. The molecule has 0 aliphatic carbocycles. The molecule has 1 heterocycles. The lowest BCUT2D eigenvalue weighted by Gasteiger charge is -2.09. The molecule has 2 nitrogen and oxygen atoms in total. The predicted octanol–water partition coefficient (Wildman–Crippen LogP) is 4.50. The van der Waals surface area contributed by atoms with Gasteiger partial charge in [0.2, 0.25) is 0 Å². The Hall–Kier alpha value is -1.49. The third-order valence-electron chi connectivity index (χ3n) is 2.64. The molecular formula is C13H12ClF3N2. The summed E-state index contributed by atoms with van der Waals surface area (Å²) in [6.07, 6.45) is -2.73. The van der Waals surface area contributed by atoms with Crippen molar-refractivity contribution in [2.24, 2.45) is 0 Å². The maximum Gasteiger partial charge on any atom is 0.416 e. The Morgan fingerprint density at radius 2 is 2.00 bits per heavy atom. The largest absolute Gasteiger partial charge is 0.416 e. The molecule has 0 saturated heterocycles. The first-order chi connectivity index (χ1) is 8.91. The Kier molecular flexibility index (Phi) is 3.85. The first-order valence-electron chi connectivity index (χ1n) is 5.84. The number of halogens is 4. The van der Waals surface area contributed by atoms with Crippen LogP contribution in [0, 0.1) is 0 Å². The monoisotopic (exact) mass is 288 g/mol. The average molecular weight is 289 g/mol. The van der Waals surface area contributed by atoms with E-state index in [0.29, 0.717) is 10.8 Å². The predicted molar refractivity (Wildman–Crippen MR) is 67.6 cm³/mol. The molecule has 0 radical (unpaired) electrons. The number of rotatable bonds is 3. The van der Waals surface area contributed by atoms with Crippen LogP contribution in [-0.4, -0.2) is 9.78 Å². The van der Waals surface area contributed by atoms with Crippen LogP contribution in [0.4, 0.5) is 13.2 Å². The van der Waals surface area contributed by atoms with Gasteiger partial charge >= 0.3 is 6.18 Å². The molecule has 0 aliphatic rings. The summed E-state index contributed by atoms with van der Waals surface area (Å²) in [6.45, 7) is 2.00. The van der Waals surface area contributed by atoms with Gasteiger partial charge < -0.3 is 0 Å². The molecule has 1 aromatic carbocycles. The van der Waals surface area contributed by atoms with Gasteiger partial charge in [0.05, 0.1) is 16.9 Å². The highest BCUT2D eigenvalue weighted by Gasteiger charge is 2.30. The summed E-state index contributed by atoms with van der Waals surface area (Å²) in [7, 11) is 0. The van der Waals surface area contributed by atoms with E-state index < -0.39 is 11.7 Å². The van der Waals surface area contributed by atoms with Crippen LogP contribution in [0.2, 0.25) is 5.15 Å². The third kappa shape index (κ3) is 3.10. The van der Waals surface area contributed by atoms with Crippen LogP contribution in [0.3, 0.4) is 0 Å². The van der Waals surface area contributed by atoms with Gasteiger partial charge in [0.15, 0.2) is 0 Å². The average Bonchev–Trinajstić information content (AvgIpc) is 2.70. The van der Waals surface area contributed by atoms with E-state index in [2.05, 4.69) is 5.10 Å². The molecule has 0 fully saturated rings. The molecule has 0 bridgehead atoms. The molecule has 1 aromatic heterocycles. The zero-order chi connectivity index (χ0) is 14.0. The van der Waals surface area contributed by atoms with Crippen LogP contribution in [0.1, 0.15) is 24.6 Å². The van der Waals surface area contributed by atoms with Crippen molar-refractivity contribution in [1.82, 2.24) is 9.78 Å². The summed E-state index contributed by atoms with van der Waals surface area (Å²) in [5.41, 5.74) is 0.362. The van der Waals surface area contributed by atoms with Crippen LogP contribution < -0.4 is 0 Å². The second-order valence-corrected chi connectivity index (χ2v) is 4.56. The van der Waals surface area contributed by atoms with Crippen LogP contribution in [-0.2, 0) is 12.6 Å². The van der Waals surface area contributed by atoms with E-state index in [1.165, 1.54) is 10.7 Å². The van der Waals surface area contributed by atoms with Crippen molar-refractivity contribution >= 4 is 11.6 Å². The molecule has 102 valence electrons.